The molecule has 0 bridgehead atoms. The Kier molecular flexibility index (Phi) is 5.17. The summed E-state index contributed by atoms with van der Waals surface area (Å²) in [6, 6.07) is 9.34. The van der Waals surface area contributed by atoms with E-state index in [4.69, 9.17) is 0 Å². The van der Waals surface area contributed by atoms with Crippen molar-refractivity contribution in [1.82, 2.24) is 15.5 Å². The molecule has 18 heavy (non-hydrogen) atoms. The summed E-state index contributed by atoms with van der Waals surface area (Å²) in [5, 5.41) is 6.96. The fourth-order valence-electron chi connectivity index (χ4n) is 2.50. The maximum atomic E-state index is 3.56. The Bertz CT molecular complexity index is 359. The summed E-state index contributed by atoms with van der Waals surface area (Å²) in [6.45, 7) is 11.1. The van der Waals surface area contributed by atoms with Crippen LogP contribution in [0.1, 0.15) is 18.1 Å². The van der Waals surface area contributed by atoms with Crippen LogP contribution in [0.25, 0.3) is 0 Å². The molecule has 1 unspecified atom stereocenters. The second-order valence-corrected chi connectivity index (χ2v) is 5.25. The highest BCUT2D eigenvalue weighted by molar-refractivity contribution is 5.21. The summed E-state index contributed by atoms with van der Waals surface area (Å²) in [5.41, 5.74) is 2.71. The molecule has 2 N–H and O–H groups in total. The number of nitrogens with zero attached hydrogens (tertiary/aromatic N) is 1. The fourth-order valence-corrected chi connectivity index (χ4v) is 2.50. The number of piperazine rings is 1. The first-order chi connectivity index (χ1) is 8.75. The van der Waals surface area contributed by atoms with Gasteiger partial charge in [-0.3, -0.25) is 4.90 Å². The first-order valence-electron chi connectivity index (χ1n) is 6.97. The van der Waals surface area contributed by atoms with Gasteiger partial charge in [0, 0.05) is 45.3 Å². The molecule has 1 fully saturated rings. The van der Waals surface area contributed by atoms with E-state index < -0.39 is 0 Å². The molecule has 0 radical (unpaired) electrons. The molecule has 1 saturated heterocycles. The molecule has 3 nitrogen and oxygen atoms in total. The molecule has 1 atom stereocenters. The van der Waals surface area contributed by atoms with E-state index in [-0.39, 0.29) is 0 Å². The van der Waals surface area contributed by atoms with Crippen LogP contribution in [0.2, 0.25) is 0 Å². The van der Waals surface area contributed by atoms with Gasteiger partial charge in [0.2, 0.25) is 0 Å². The van der Waals surface area contributed by atoms with Crippen LogP contribution in [0.5, 0.6) is 0 Å². The third-order valence-electron chi connectivity index (χ3n) is 3.63. The SMILES string of the molecule is Cc1cccc(CNCC(C)N2CCNCC2)c1. The van der Waals surface area contributed by atoms with E-state index in [9.17, 15) is 0 Å². The lowest BCUT2D eigenvalue weighted by molar-refractivity contribution is 0.181. The zero-order chi connectivity index (χ0) is 12.8. The molecule has 1 heterocycles. The zero-order valence-electron chi connectivity index (χ0n) is 11.6. The Balaban J connectivity index is 1.71. The maximum Gasteiger partial charge on any atom is 0.0206 e. The predicted molar refractivity (Wildman–Crippen MR) is 76.8 cm³/mol. The molecule has 0 amide bonds. The Labute approximate surface area is 111 Å². The van der Waals surface area contributed by atoms with Gasteiger partial charge in [-0.05, 0) is 19.4 Å². The van der Waals surface area contributed by atoms with E-state index in [1.54, 1.807) is 0 Å². The highest BCUT2D eigenvalue weighted by atomic mass is 15.2. The van der Waals surface area contributed by atoms with Gasteiger partial charge in [0.25, 0.3) is 0 Å². The van der Waals surface area contributed by atoms with Gasteiger partial charge in [-0.15, -0.1) is 0 Å². The van der Waals surface area contributed by atoms with Crippen LogP contribution in [0.15, 0.2) is 24.3 Å². The maximum absolute atomic E-state index is 3.56. The molecule has 2 rings (SSSR count). The summed E-state index contributed by atoms with van der Waals surface area (Å²) < 4.78 is 0. The third-order valence-corrected chi connectivity index (χ3v) is 3.63. The van der Waals surface area contributed by atoms with Crippen LogP contribution >= 0.6 is 0 Å². The van der Waals surface area contributed by atoms with Gasteiger partial charge in [-0.1, -0.05) is 29.8 Å². The Morgan fingerprint density at radius 3 is 2.83 bits per heavy atom. The van der Waals surface area contributed by atoms with Crippen molar-refractivity contribution in [3.63, 3.8) is 0 Å². The molecule has 3 heteroatoms. The molecule has 0 aliphatic carbocycles. The number of benzene rings is 1. The van der Waals surface area contributed by atoms with E-state index in [1.807, 2.05) is 0 Å². The monoisotopic (exact) mass is 247 g/mol. The number of hydrogen-bond donors (Lipinski definition) is 2. The second kappa shape index (κ2) is 6.88. The lowest BCUT2D eigenvalue weighted by Crippen LogP contribution is -2.50. The summed E-state index contributed by atoms with van der Waals surface area (Å²) in [6.07, 6.45) is 0. The van der Waals surface area contributed by atoms with Crippen LogP contribution in [0.4, 0.5) is 0 Å². The van der Waals surface area contributed by atoms with E-state index in [2.05, 4.69) is 53.6 Å². The molecule has 0 aromatic heterocycles. The van der Waals surface area contributed by atoms with E-state index in [0.29, 0.717) is 6.04 Å². The van der Waals surface area contributed by atoms with Gasteiger partial charge in [0.15, 0.2) is 0 Å². The second-order valence-electron chi connectivity index (χ2n) is 5.25. The van der Waals surface area contributed by atoms with Crippen molar-refractivity contribution in [3.05, 3.63) is 35.4 Å². The summed E-state index contributed by atoms with van der Waals surface area (Å²) in [5.74, 6) is 0. The molecule has 100 valence electrons. The number of hydrogen-bond acceptors (Lipinski definition) is 3. The Hall–Kier alpha value is -0.900. The minimum absolute atomic E-state index is 0.622. The van der Waals surface area contributed by atoms with Crippen molar-refractivity contribution in [2.75, 3.05) is 32.7 Å². The van der Waals surface area contributed by atoms with E-state index in [0.717, 1.165) is 26.2 Å². The van der Waals surface area contributed by atoms with Gasteiger partial charge in [0.1, 0.15) is 0 Å². The smallest absolute Gasteiger partial charge is 0.0206 e. The lowest BCUT2D eigenvalue weighted by atomic mass is 10.1. The fraction of sp³-hybridized carbons (Fsp3) is 0.600. The van der Waals surface area contributed by atoms with Crippen LogP contribution in [0, 0.1) is 6.92 Å². The van der Waals surface area contributed by atoms with Crippen molar-refractivity contribution >= 4 is 0 Å². The molecule has 1 aromatic carbocycles. The van der Waals surface area contributed by atoms with Gasteiger partial charge in [0.05, 0.1) is 0 Å². The van der Waals surface area contributed by atoms with Gasteiger partial charge >= 0.3 is 0 Å². The zero-order valence-corrected chi connectivity index (χ0v) is 11.6. The third kappa shape index (κ3) is 4.09. The topological polar surface area (TPSA) is 27.3 Å². The van der Waals surface area contributed by atoms with Crippen molar-refractivity contribution in [2.24, 2.45) is 0 Å². The number of aryl methyl sites for hydroxylation is 1. The summed E-state index contributed by atoms with van der Waals surface area (Å²) in [4.78, 5) is 2.56. The van der Waals surface area contributed by atoms with Crippen molar-refractivity contribution < 1.29 is 0 Å². The van der Waals surface area contributed by atoms with Crippen LogP contribution in [-0.2, 0) is 6.54 Å². The summed E-state index contributed by atoms with van der Waals surface area (Å²) >= 11 is 0. The van der Waals surface area contributed by atoms with Crippen LogP contribution in [-0.4, -0.2) is 43.7 Å². The minimum Gasteiger partial charge on any atom is -0.314 e. The van der Waals surface area contributed by atoms with Crippen molar-refractivity contribution in [1.29, 1.82) is 0 Å². The van der Waals surface area contributed by atoms with Gasteiger partial charge < -0.3 is 10.6 Å². The standard InChI is InChI=1S/C15H25N3/c1-13-4-3-5-15(10-13)12-17-11-14(2)18-8-6-16-7-9-18/h3-5,10,14,16-17H,6-9,11-12H2,1-2H3. The predicted octanol–water partition coefficient (Wildman–Crippen LogP) is 1.38. The normalized spacial score (nSPS) is 18.8. The highest BCUT2D eigenvalue weighted by Crippen LogP contribution is 2.04. The summed E-state index contributed by atoms with van der Waals surface area (Å²) in [7, 11) is 0. The molecular formula is C15H25N3. The van der Waals surface area contributed by atoms with Gasteiger partial charge in [-0.2, -0.15) is 0 Å². The van der Waals surface area contributed by atoms with Gasteiger partial charge in [-0.25, -0.2) is 0 Å². The van der Waals surface area contributed by atoms with Crippen LogP contribution < -0.4 is 10.6 Å². The molecule has 0 saturated carbocycles. The van der Waals surface area contributed by atoms with Crippen molar-refractivity contribution in [2.45, 2.75) is 26.4 Å². The average molecular weight is 247 g/mol. The largest absolute Gasteiger partial charge is 0.314 e. The molecule has 1 aliphatic heterocycles. The Morgan fingerprint density at radius 1 is 1.33 bits per heavy atom. The van der Waals surface area contributed by atoms with E-state index in [1.165, 1.54) is 24.2 Å². The molecular weight excluding hydrogens is 222 g/mol. The van der Waals surface area contributed by atoms with E-state index >= 15 is 0 Å². The molecule has 1 aliphatic rings. The highest BCUT2D eigenvalue weighted by Gasteiger charge is 2.15. The van der Waals surface area contributed by atoms with Crippen molar-refractivity contribution in [3.8, 4) is 0 Å². The first-order valence-corrected chi connectivity index (χ1v) is 6.97. The average Bonchev–Trinajstić information content (AvgIpc) is 2.40. The molecule has 0 spiro atoms. The number of rotatable bonds is 5. The minimum atomic E-state index is 0.622. The Morgan fingerprint density at radius 2 is 2.11 bits per heavy atom. The number of nitrogens with one attached hydrogen (secondary N) is 2. The first kappa shape index (κ1) is 13.5. The van der Waals surface area contributed by atoms with Crippen LogP contribution in [0.3, 0.4) is 0 Å². The quantitative estimate of drug-likeness (QED) is 0.823. The molecule has 1 aromatic rings. The lowest BCUT2D eigenvalue weighted by Gasteiger charge is -2.32.